The molecule has 0 saturated carbocycles. The van der Waals surface area contributed by atoms with Gasteiger partial charge in [-0.2, -0.15) is 13.0 Å². The lowest BCUT2D eigenvalue weighted by atomic mass is 9.81. The summed E-state index contributed by atoms with van der Waals surface area (Å²) in [7, 11) is -4.33. The lowest BCUT2D eigenvalue weighted by Gasteiger charge is -2.25. The molecule has 0 aliphatic carbocycles. The van der Waals surface area contributed by atoms with Crippen molar-refractivity contribution in [2.75, 3.05) is 31.1 Å². The molecular weight excluding hydrogens is 584 g/mol. The molecule has 0 unspecified atom stereocenters. The highest BCUT2D eigenvalue weighted by molar-refractivity contribution is 7.85. The molecule has 0 spiro atoms. The number of likely N-dealkylation sites (N-methyl/N-ethyl adjacent to an activating group) is 1. The Bertz CT molecular complexity index is 1670. The molecule has 2 aromatic rings. The standard InChI is InChI=1S/C36H48N4O4S/c1-7-39-30-19-17-26(2)24-28(30)35(3,4)32(39)14-10-8-11-15-33-36(5,6)29-25-27(45(42,43)44)18-20-31(29)40(33)23-13-9-12-16-34(41)38-22-21-37/h8,10-11,14-15,17-20,24-25H,7,9,12-13,16,21-23,37H2,1-6H3,(H-,38,41,42,43,44)/p+1. The van der Waals surface area contributed by atoms with Crippen LogP contribution < -0.4 is 16.0 Å². The molecule has 45 heavy (non-hydrogen) atoms. The second-order valence-corrected chi connectivity index (χ2v) is 14.4. The lowest BCUT2D eigenvalue weighted by Crippen LogP contribution is -2.28. The van der Waals surface area contributed by atoms with Crippen molar-refractivity contribution in [3.05, 3.63) is 89.2 Å². The molecule has 1 amide bonds. The molecule has 4 N–H and O–H groups in total. The molecule has 4 rings (SSSR count). The predicted octanol–water partition coefficient (Wildman–Crippen LogP) is 6.07. The van der Waals surface area contributed by atoms with Crippen LogP contribution >= 0.6 is 0 Å². The van der Waals surface area contributed by atoms with Crippen LogP contribution in [0.15, 0.2) is 77.4 Å². The maximum atomic E-state index is 12.0. The number of nitrogens with zero attached hydrogens (tertiary/aromatic N) is 2. The summed E-state index contributed by atoms with van der Waals surface area (Å²) in [6.45, 7) is 15.5. The zero-order chi connectivity index (χ0) is 33.0. The minimum atomic E-state index is -4.33. The largest absolute Gasteiger partial charge is 0.355 e. The number of hydrogen-bond acceptors (Lipinski definition) is 5. The SMILES string of the molecule is CCN1C(=CC=CC=CC2=[N+](CCCCCC(=O)NCCN)c3ccc(S(=O)(=O)O)cc3C2(C)C)C(C)(C)c2cc(C)ccc21. The summed E-state index contributed by atoms with van der Waals surface area (Å²) in [5, 5.41) is 2.81. The summed E-state index contributed by atoms with van der Waals surface area (Å²) < 4.78 is 35.9. The number of nitrogens with two attached hydrogens (primary N) is 1. The smallest absolute Gasteiger partial charge is 0.294 e. The molecular formula is C36H49N4O4S+. The van der Waals surface area contributed by atoms with Crippen LogP contribution in [0.3, 0.4) is 0 Å². The number of amides is 1. The van der Waals surface area contributed by atoms with Gasteiger partial charge in [-0.3, -0.25) is 9.35 Å². The second-order valence-electron chi connectivity index (χ2n) is 13.0. The predicted molar refractivity (Wildman–Crippen MR) is 183 cm³/mol. The van der Waals surface area contributed by atoms with Crippen molar-refractivity contribution < 1.29 is 22.3 Å². The maximum Gasteiger partial charge on any atom is 0.294 e. The number of hydrogen-bond donors (Lipinski definition) is 3. The van der Waals surface area contributed by atoms with Crippen LogP contribution in [0.5, 0.6) is 0 Å². The van der Waals surface area contributed by atoms with E-state index in [2.05, 4.69) is 92.8 Å². The highest BCUT2D eigenvalue weighted by Crippen LogP contribution is 2.48. The fourth-order valence-corrected chi connectivity index (χ4v) is 7.08. The molecule has 0 atom stereocenters. The number of carbonyl (C=O) groups excluding carboxylic acids is 1. The van der Waals surface area contributed by atoms with E-state index < -0.39 is 15.5 Å². The van der Waals surface area contributed by atoms with Gasteiger partial charge in [0.1, 0.15) is 6.54 Å². The molecule has 0 radical (unpaired) electrons. The zero-order valence-electron chi connectivity index (χ0n) is 27.6. The minimum absolute atomic E-state index is 0.0184. The third-order valence-corrected chi connectivity index (χ3v) is 9.86. The van der Waals surface area contributed by atoms with Gasteiger partial charge in [0.05, 0.1) is 10.3 Å². The molecule has 0 aromatic heterocycles. The molecule has 9 heteroatoms. The average Bonchev–Trinajstić information content (AvgIpc) is 3.32. The topological polar surface area (TPSA) is 116 Å². The molecule has 0 fully saturated rings. The van der Waals surface area contributed by atoms with Crippen LogP contribution in [-0.4, -0.2) is 55.3 Å². The zero-order valence-corrected chi connectivity index (χ0v) is 28.4. The summed E-state index contributed by atoms with van der Waals surface area (Å²) in [4.78, 5) is 14.2. The monoisotopic (exact) mass is 633 g/mol. The van der Waals surface area contributed by atoms with Gasteiger partial charge in [0, 0.05) is 67.0 Å². The van der Waals surface area contributed by atoms with Gasteiger partial charge < -0.3 is 16.0 Å². The number of nitrogens with one attached hydrogen (secondary N) is 1. The summed E-state index contributed by atoms with van der Waals surface area (Å²) in [5.74, 6) is 0.0184. The Morgan fingerprint density at radius 2 is 1.76 bits per heavy atom. The van der Waals surface area contributed by atoms with Gasteiger partial charge in [-0.1, -0.05) is 49.8 Å². The first-order valence-electron chi connectivity index (χ1n) is 15.9. The van der Waals surface area contributed by atoms with Crippen LogP contribution in [0, 0.1) is 6.92 Å². The summed E-state index contributed by atoms with van der Waals surface area (Å²) in [6.07, 6.45) is 13.4. The Labute approximate surface area is 269 Å². The van der Waals surface area contributed by atoms with E-state index in [1.165, 1.54) is 28.6 Å². The Kier molecular flexibility index (Phi) is 10.6. The van der Waals surface area contributed by atoms with E-state index in [-0.39, 0.29) is 16.2 Å². The normalized spacial score (nSPS) is 18.0. The van der Waals surface area contributed by atoms with Crippen LogP contribution in [-0.2, 0) is 25.7 Å². The summed E-state index contributed by atoms with van der Waals surface area (Å²) in [5.41, 5.74) is 12.8. The summed E-state index contributed by atoms with van der Waals surface area (Å²) in [6, 6.07) is 11.5. The third-order valence-electron chi connectivity index (χ3n) is 9.01. The Balaban J connectivity index is 1.58. The van der Waals surface area contributed by atoms with E-state index in [0.717, 1.165) is 49.3 Å². The fraction of sp³-hybridized carbons (Fsp3) is 0.444. The van der Waals surface area contributed by atoms with Crippen molar-refractivity contribution in [1.29, 1.82) is 0 Å². The highest BCUT2D eigenvalue weighted by atomic mass is 32.2. The summed E-state index contributed by atoms with van der Waals surface area (Å²) >= 11 is 0. The van der Waals surface area contributed by atoms with E-state index in [0.29, 0.717) is 19.5 Å². The fourth-order valence-electron chi connectivity index (χ4n) is 6.58. The molecule has 2 aliphatic heterocycles. The highest BCUT2D eigenvalue weighted by Gasteiger charge is 2.45. The Morgan fingerprint density at radius 3 is 2.44 bits per heavy atom. The van der Waals surface area contributed by atoms with Crippen LogP contribution in [0.2, 0.25) is 0 Å². The number of rotatable bonds is 13. The Morgan fingerprint density at radius 1 is 1.00 bits per heavy atom. The lowest BCUT2D eigenvalue weighted by molar-refractivity contribution is -0.438. The van der Waals surface area contributed by atoms with E-state index >= 15 is 0 Å². The minimum Gasteiger partial charge on any atom is -0.355 e. The molecule has 242 valence electrons. The van der Waals surface area contributed by atoms with E-state index in [4.69, 9.17) is 5.73 Å². The molecule has 2 aliphatic rings. The first-order valence-corrected chi connectivity index (χ1v) is 17.4. The van der Waals surface area contributed by atoms with Gasteiger partial charge >= 0.3 is 0 Å². The number of unbranched alkanes of at least 4 members (excludes halogenated alkanes) is 2. The van der Waals surface area contributed by atoms with Crippen molar-refractivity contribution in [1.82, 2.24) is 5.32 Å². The van der Waals surface area contributed by atoms with Crippen LogP contribution in [0.1, 0.15) is 77.0 Å². The Hall–Kier alpha value is -3.53. The molecule has 0 bridgehead atoms. The number of carbonyl (C=O) groups is 1. The number of aryl methyl sites for hydroxylation is 1. The number of anilines is 1. The first kappa shape index (κ1) is 34.3. The van der Waals surface area contributed by atoms with Gasteiger partial charge in [0.25, 0.3) is 10.1 Å². The van der Waals surface area contributed by atoms with Crippen molar-refractivity contribution in [3.63, 3.8) is 0 Å². The number of allylic oxidation sites excluding steroid dienone is 6. The quantitative estimate of drug-likeness (QED) is 0.107. The van der Waals surface area contributed by atoms with Gasteiger partial charge in [0.2, 0.25) is 11.6 Å². The van der Waals surface area contributed by atoms with E-state index in [9.17, 15) is 17.8 Å². The van der Waals surface area contributed by atoms with E-state index in [1.807, 2.05) is 12.2 Å². The van der Waals surface area contributed by atoms with Crippen LogP contribution in [0.25, 0.3) is 0 Å². The van der Waals surface area contributed by atoms with Crippen molar-refractivity contribution >= 4 is 33.1 Å². The van der Waals surface area contributed by atoms with Gasteiger partial charge in [-0.25, -0.2) is 0 Å². The van der Waals surface area contributed by atoms with Crippen molar-refractivity contribution in [2.24, 2.45) is 5.73 Å². The third kappa shape index (κ3) is 7.32. The molecule has 2 heterocycles. The number of fused-ring (bicyclic) bond motifs is 2. The van der Waals surface area contributed by atoms with Gasteiger partial charge in [0.15, 0.2) is 5.71 Å². The van der Waals surface area contributed by atoms with Crippen molar-refractivity contribution in [3.8, 4) is 0 Å². The van der Waals surface area contributed by atoms with Crippen LogP contribution in [0.4, 0.5) is 11.4 Å². The first-order chi connectivity index (χ1) is 21.2. The van der Waals surface area contributed by atoms with Gasteiger partial charge in [-0.15, -0.1) is 0 Å². The van der Waals surface area contributed by atoms with Crippen molar-refractivity contribution in [2.45, 2.75) is 83.0 Å². The molecule has 0 saturated heterocycles. The molecule has 8 nitrogen and oxygen atoms in total. The second kappa shape index (κ2) is 13.8. The van der Waals surface area contributed by atoms with Gasteiger partial charge in [-0.05, 0) is 70.4 Å². The number of benzene rings is 2. The average molecular weight is 634 g/mol. The molecule has 2 aromatic carbocycles. The van der Waals surface area contributed by atoms with E-state index in [1.54, 1.807) is 12.1 Å². The maximum absolute atomic E-state index is 12.0.